The topological polar surface area (TPSA) is 26.3 Å². The molecule has 0 bridgehead atoms. The summed E-state index contributed by atoms with van der Waals surface area (Å²) < 4.78 is 16.2. The number of hydrogen-bond acceptors (Lipinski definition) is 2. The van der Waals surface area contributed by atoms with Gasteiger partial charge in [0.05, 0.1) is 19.7 Å². The highest BCUT2D eigenvalue weighted by molar-refractivity contribution is 5.71. The first-order valence-corrected chi connectivity index (χ1v) is 3.04. The number of rotatable bonds is 2. The van der Waals surface area contributed by atoms with Crippen molar-refractivity contribution in [3.63, 3.8) is 0 Å². The number of carbonyl (C=O) groups excluding carboxylic acids is 1. The van der Waals surface area contributed by atoms with Gasteiger partial charge in [0.2, 0.25) is 0 Å². The van der Waals surface area contributed by atoms with Gasteiger partial charge in [-0.15, -0.1) is 0 Å². The fourth-order valence-electron chi connectivity index (χ4n) is 0.904. The molecule has 0 spiro atoms. The zero-order valence-electron chi connectivity index (χ0n) is 5.10. The highest BCUT2D eigenvalue weighted by Gasteiger charge is 2.22. The summed E-state index contributed by atoms with van der Waals surface area (Å²) in [5, 5.41) is 0. The van der Waals surface area contributed by atoms with Crippen LogP contribution in [0, 0.1) is 5.92 Å². The van der Waals surface area contributed by atoms with Crippen LogP contribution in [-0.4, -0.2) is 19.3 Å². The maximum atomic E-state index is 11.6. The second-order valence-electron chi connectivity index (χ2n) is 2.23. The molecule has 0 N–H and O–H groups in total. The molecule has 0 aromatic heterocycles. The molecule has 1 atom stereocenters. The molecule has 1 aliphatic rings. The van der Waals surface area contributed by atoms with Crippen LogP contribution in [0.4, 0.5) is 4.39 Å². The fraction of sp³-hybridized carbons (Fsp3) is 0.833. The average molecular weight is 132 g/mol. The van der Waals surface area contributed by atoms with Crippen LogP contribution in [0.15, 0.2) is 0 Å². The minimum absolute atomic E-state index is 0.141. The molecular formula is C6H9FO2. The number of cyclic esters (lactones) is 1. The number of alkyl halides is 1. The molecule has 0 aromatic carbocycles. The molecule has 1 saturated heterocycles. The van der Waals surface area contributed by atoms with Crippen molar-refractivity contribution in [2.75, 3.05) is 13.3 Å². The Labute approximate surface area is 53.0 Å². The van der Waals surface area contributed by atoms with Crippen molar-refractivity contribution in [3.05, 3.63) is 0 Å². The molecule has 9 heavy (non-hydrogen) atoms. The molecule has 1 heterocycles. The van der Waals surface area contributed by atoms with E-state index in [-0.39, 0.29) is 18.6 Å². The molecule has 1 rings (SSSR count). The number of hydrogen-bond donors (Lipinski definition) is 0. The Bertz CT molecular complexity index is 114. The molecule has 1 unspecified atom stereocenters. The molecule has 0 aliphatic carbocycles. The van der Waals surface area contributed by atoms with Crippen molar-refractivity contribution >= 4 is 5.97 Å². The zero-order chi connectivity index (χ0) is 6.69. The van der Waals surface area contributed by atoms with Gasteiger partial charge in [-0.3, -0.25) is 9.18 Å². The lowest BCUT2D eigenvalue weighted by molar-refractivity contribution is -0.137. The summed E-state index contributed by atoms with van der Waals surface area (Å²) in [5.74, 6) is -0.0454. The van der Waals surface area contributed by atoms with E-state index in [4.69, 9.17) is 0 Å². The summed E-state index contributed by atoms with van der Waals surface area (Å²) in [5.41, 5.74) is 0. The maximum Gasteiger partial charge on any atom is 0.306 e. The van der Waals surface area contributed by atoms with Crippen LogP contribution < -0.4 is 0 Å². The molecular weight excluding hydrogens is 123 g/mol. The average Bonchev–Trinajstić information content (AvgIpc) is 2.17. The first kappa shape index (κ1) is 6.52. The highest BCUT2D eigenvalue weighted by Crippen LogP contribution is 2.16. The van der Waals surface area contributed by atoms with Crippen molar-refractivity contribution in [1.82, 2.24) is 0 Å². The van der Waals surface area contributed by atoms with Crippen LogP contribution >= 0.6 is 0 Å². The molecule has 3 heteroatoms. The van der Waals surface area contributed by atoms with Gasteiger partial charge in [-0.05, 0) is 6.42 Å². The molecule has 52 valence electrons. The van der Waals surface area contributed by atoms with E-state index in [1.54, 1.807) is 0 Å². The van der Waals surface area contributed by atoms with Gasteiger partial charge in [0.15, 0.2) is 0 Å². The third kappa shape index (κ3) is 1.66. The van der Waals surface area contributed by atoms with Gasteiger partial charge in [0.25, 0.3) is 0 Å². The minimum atomic E-state index is -0.346. The lowest BCUT2D eigenvalue weighted by atomic mass is 10.1. The Kier molecular flexibility index (Phi) is 2.03. The SMILES string of the molecule is O=C1CC(CCF)CO1. The normalized spacial score (nSPS) is 26.3. The Morgan fingerprint density at radius 2 is 2.56 bits per heavy atom. The van der Waals surface area contributed by atoms with Crippen LogP contribution in [0.3, 0.4) is 0 Å². The molecule has 0 amide bonds. The quantitative estimate of drug-likeness (QED) is 0.522. The van der Waals surface area contributed by atoms with Crippen LogP contribution in [0.25, 0.3) is 0 Å². The molecule has 1 aliphatic heterocycles. The molecule has 0 saturated carbocycles. The van der Waals surface area contributed by atoms with E-state index in [0.717, 1.165) is 0 Å². The summed E-state index contributed by atoms with van der Waals surface area (Å²) in [7, 11) is 0. The predicted molar refractivity (Wildman–Crippen MR) is 29.7 cm³/mol. The minimum Gasteiger partial charge on any atom is -0.465 e. The second-order valence-corrected chi connectivity index (χ2v) is 2.23. The van der Waals surface area contributed by atoms with Gasteiger partial charge < -0.3 is 4.74 Å². The smallest absolute Gasteiger partial charge is 0.306 e. The summed E-state index contributed by atoms with van der Waals surface area (Å²) in [6.07, 6.45) is 0.871. The van der Waals surface area contributed by atoms with Gasteiger partial charge in [0.1, 0.15) is 0 Å². The van der Waals surface area contributed by atoms with Gasteiger partial charge in [-0.25, -0.2) is 0 Å². The standard InChI is InChI=1S/C6H9FO2/c7-2-1-5-3-6(8)9-4-5/h5H,1-4H2. The third-order valence-electron chi connectivity index (χ3n) is 1.45. The lowest BCUT2D eigenvalue weighted by Gasteiger charge is -1.98. The van der Waals surface area contributed by atoms with Gasteiger partial charge in [-0.2, -0.15) is 0 Å². The Balaban J connectivity index is 2.22. The number of carbonyl (C=O) groups is 1. The van der Waals surface area contributed by atoms with Crippen molar-refractivity contribution in [3.8, 4) is 0 Å². The Morgan fingerprint density at radius 3 is 3.00 bits per heavy atom. The molecule has 1 fully saturated rings. The van der Waals surface area contributed by atoms with E-state index in [1.807, 2.05) is 0 Å². The largest absolute Gasteiger partial charge is 0.465 e. The Hall–Kier alpha value is -0.600. The lowest BCUT2D eigenvalue weighted by Crippen LogP contribution is -1.99. The number of halogens is 1. The first-order valence-electron chi connectivity index (χ1n) is 3.04. The monoisotopic (exact) mass is 132 g/mol. The van der Waals surface area contributed by atoms with Crippen molar-refractivity contribution in [2.45, 2.75) is 12.8 Å². The van der Waals surface area contributed by atoms with Gasteiger partial charge in [0, 0.05) is 5.92 Å². The van der Waals surface area contributed by atoms with Crippen molar-refractivity contribution in [1.29, 1.82) is 0 Å². The predicted octanol–water partition coefficient (Wildman–Crippen LogP) is 0.909. The summed E-state index contributed by atoms with van der Waals surface area (Å²) in [4.78, 5) is 10.4. The first-order chi connectivity index (χ1) is 4.33. The highest BCUT2D eigenvalue weighted by atomic mass is 19.1. The van der Waals surface area contributed by atoms with E-state index in [9.17, 15) is 9.18 Å². The van der Waals surface area contributed by atoms with E-state index in [1.165, 1.54) is 0 Å². The summed E-state index contributed by atoms with van der Waals surface area (Å²) in [6, 6.07) is 0. The van der Waals surface area contributed by atoms with E-state index < -0.39 is 0 Å². The van der Waals surface area contributed by atoms with Crippen LogP contribution in [-0.2, 0) is 9.53 Å². The molecule has 2 nitrogen and oxygen atoms in total. The van der Waals surface area contributed by atoms with E-state index in [2.05, 4.69) is 4.74 Å². The van der Waals surface area contributed by atoms with Crippen molar-refractivity contribution in [2.24, 2.45) is 5.92 Å². The van der Waals surface area contributed by atoms with Crippen molar-refractivity contribution < 1.29 is 13.9 Å². The summed E-state index contributed by atoms with van der Waals surface area (Å²) >= 11 is 0. The zero-order valence-corrected chi connectivity index (χ0v) is 5.10. The van der Waals surface area contributed by atoms with E-state index >= 15 is 0 Å². The number of ether oxygens (including phenoxy) is 1. The summed E-state index contributed by atoms with van der Waals surface area (Å²) in [6.45, 7) is 0.0735. The van der Waals surface area contributed by atoms with Gasteiger partial charge >= 0.3 is 5.97 Å². The second kappa shape index (κ2) is 2.80. The van der Waals surface area contributed by atoms with Crippen LogP contribution in [0.5, 0.6) is 0 Å². The van der Waals surface area contributed by atoms with Gasteiger partial charge in [-0.1, -0.05) is 0 Å². The van der Waals surface area contributed by atoms with Crippen LogP contribution in [0.1, 0.15) is 12.8 Å². The number of esters is 1. The third-order valence-corrected chi connectivity index (χ3v) is 1.45. The van der Waals surface area contributed by atoms with Crippen LogP contribution in [0.2, 0.25) is 0 Å². The molecule has 0 radical (unpaired) electrons. The maximum absolute atomic E-state index is 11.6. The fourth-order valence-corrected chi connectivity index (χ4v) is 0.904. The Morgan fingerprint density at radius 1 is 1.78 bits per heavy atom. The molecule has 0 aromatic rings. The van der Waals surface area contributed by atoms with E-state index in [0.29, 0.717) is 19.4 Å².